The molecule has 1 saturated heterocycles. The fraction of sp³-hybridized carbons (Fsp3) is 0.500. The van der Waals surface area contributed by atoms with Crippen LogP contribution in [0.25, 0.3) is 6.08 Å². The van der Waals surface area contributed by atoms with Gasteiger partial charge in [0.2, 0.25) is 0 Å². The summed E-state index contributed by atoms with van der Waals surface area (Å²) in [5, 5.41) is 19.0. The molecule has 0 spiro atoms. The van der Waals surface area contributed by atoms with Crippen LogP contribution in [0.4, 0.5) is 0 Å². The van der Waals surface area contributed by atoms with E-state index in [4.69, 9.17) is 9.31 Å². The van der Waals surface area contributed by atoms with E-state index in [0.29, 0.717) is 5.47 Å². The Morgan fingerprint density at radius 2 is 1.67 bits per heavy atom. The molecule has 0 amide bonds. The molecule has 1 aromatic rings. The van der Waals surface area contributed by atoms with Crippen LogP contribution in [0.3, 0.4) is 0 Å². The summed E-state index contributed by atoms with van der Waals surface area (Å²) in [5.74, 6) is 0. The highest BCUT2D eigenvalue weighted by molar-refractivity contribution is 6.55. The smallest absolute Gasteiger partial charge is 0.400 e. The summed E-state index contributed by atoms with van der Waals surface area (Å²) < 4.78 is 11.9. The molecule has 0 bridgehead atoms. The standard InChI is InChI=1S/C16H23BO4/c1-15(2)16(3,4)21-17(20-15)14(11-19)9-12-7-5-6-8-13(12)10-18/h5-9,18-19H,10-11H2,1-4H3. The van der Waals surface area contributed by atoms with Crippen LogP contribution in [0.2, 0.25) is 0 Å². The lowest BCUT2D eigenvalue weighted by molar-refractivity contribution is 0.00578. The molecule has 2 N–H and O–H groups in total. The molecule has 5 heteroatoms. The summed E-state index contributed by atoms with van der Waals surface area (Å²) in [5.41, 5.74) is 1.43. The number of aliphatic hydroxyl groups excluding tert-OH is 2. The molecule has 0 aromatic heterocycles. The summed E-state index contributed by atoms with van der Waals surface area (Å²) in [6.45, 7) is 7.70. The second kappa shape index (κ2) is 5.93. The Hall–Kier alpha value is -1.14. The highest BCUT2D eigenvalue weighted by Crippen LogP contribution is 2.38. The van der Waals surface area contributed by atoms with E-state index in [9.17, 15) is 10.2 Å². The van der Waals surface area contributed by atoms with E-state index in [1.54, 1.807) is 0 Å². The van der Waals surface area contributed by atoms with Gasteiger partial charge in [0, 0.05) is 0 Å². The zero-order valence-electron chi connectivity index (χ0n) is 13.1. The molecule has 1 heterocycles. The van der Waals surface area contributed by atoms with Gasteiger partial charge in [-0.3, -0.25) is 0 Å². The van der Waals surface area contributed by atoms with E-state index < -0.39 is 18.3 Å². The molecular weight excluding hydrogens is 267 g/mol. The predicted octanol–water partition coefficient (Wildman–Crippen LogP) is 2.19. The SMILES string of the molecule is CC1(C)OB(C(=Cc2ccccc2CO)CO)OC1(C)C. The lowest BCUT2D eigenvalue weighted by Crippen LogP contribution is -2.41. The first-order valence-corrected chi connectivity index (χ1v) is 7.16. The van der Waals surface area contributed by atoms with Crippen molar-refractivity contribution in [2.45, 2.75) is 45.5 Å². The van der Waals surface area contributed by atoms with Gasteiger partial charge in [-0.1, -0.05) is 30.3 Å². The van der Waals surface area contributed by atoms with Crippen LogP contribution in [0.1, 0.15) is 38.8 Å². The first-order valence-electron chi connectivity index (χ1n) is 7.16. The van der Waals surface area contributed by atoms with Gasteiger partial charge in [-0.25, -0.2) is 0 Å². The Bertz CT molecular complexity index is 521. The van der Waals surface area contributed by atoms with E-state index >= 15 is 0 Å². The summed E-state index contributed by atoms with van der Waals surface area (Å²) in [4.78, 5) is 0. The van der Waals surface area contributed by atoms with Crippen molar-refractivity contribution in [1.82, 2.24) is 0 Å². The maximum absolute atomic E-state index is 9.66. The number of hydrogen-bond acceptors (Lipinski definition) is 4. The van der Waals surface area contributed by atoms with Crippen LogP contribution in [0.5, 0.6) is 0 Å². The van der Waals surface area contributed by atoms with Gasteiger partial charge in [-0.15, -0.1) is 0 Å². The van der Waals surface area contributed by atoms with E-state index in [1.165, 1.54) is 0 Å². The quantitative estimate of drug-likeness (QED) is 0.835. The second-order valence-corrected chi connectivity index (χ2v) is 6.32. The Balaban J connectivity index is 2.31. The second-order valence-electron chi connectivity index (χ2n) is 6.32. The molecule has 1 fully saturated rings. The molecule has 0 atom stereocenters. The van der Waals surface area contributed by atoms with Gasteiger partial charge in [-0.05, 0) is 44.3 Å². The van der Waals surface area contributed by atoms with Crippen LogP contribution in [-0.2, 0) is 15.9 Å². The van der Waals surface area contributed by atoms with E-state index in [2.05, 4.69) is 0 Å². The summed E-state index contributed by atoms with van der Waals surface area (Å²) in [7, 11) is -0.577. The number of aliphatic hydroxyl groups is 2. The largest absolute Gasteiger partial charge is 0.492 e. The third kappa shape index (κ3) is 3.21. The predicted molar refractivity (Wildman–Crippen MR) is 83.5 cm³/mol. The van der Waals surface area contributed by atoms with Crippen molar-refractivity contribution in [3.63, 3.8) is 0 Å². The monoisotopic (exact) mass is 290 g/mol. The minimum absolute atomic E-state index is 0.0469. The fourth-order valence-corrected chi connectivity index (χ4v) is 2.20. The minimum Gasteiger partial charge on any atom is -0.400 e. The van der Waals surface area contributed by atoms with Gasteiger partial charge in [0.25, 0.3) is 0 Å². The van der Waals surface area contributed by atoms with Gasteiger partial charge in [0.1, 0.15) is 0 Å². The van der Waals surface area contributed by atoms with Crippen LogP contribution >= 0.6 is 0 Å². The Labute approximate surface area is 126 Å². The lowest BCUT2D eigenvalue weighted by Gasteiger charge is -2.32. The Morgan fingerprint density at radius 1 is 1.10 bits per heavy atom. The third-order valence-electron chi connectivity index (χ3n) is 4.30. The Kier molecular flexibility index (Phi) is 4.59. The normalized spacial score (nSPS) is 20.9. The average molecular weight is 290 g/mol. The van der Waals surface area contributed by atoms with E-state index in [-0.39, 0.29) is 13.2 Å². The van der Waals surface area contributed by atoms with Crippen molar-refractivity contribution >= 4 is 13.2 Å². The highest BCUT2D eigenvalue weighted by atomic mass is 16.7. The lowest BCUT2D eigenvalue weighted by atomic mass is 9.77. The molecule has 1 aliphatic heterocycles. The minimum atomic E-state index is -0.577. The molecule has 1 aromatic carbocycles. The average Bonchev–Trinajstić information content (AvgIpc) is 2.65. The van der Waals surface area contributed by atoms with Crippen LogP contribution < -0.4 is 0 Å². The fourth-order valence-electron chi connectivity index (χ4n) is 2.20. The highest BCUT2D eigenvalue weighted by Gasteiger charge is 2.52. The Morgan fingerprint density at radius 3 is 2.19 bits per heavy atom. The summed E-state index contributed by atoms with van der Waals surface area (Å²) in [6, 6.07) is 7.51. The van der Waals surface area contributed by atoms with Crippen molar-refractivity contribution in [1.29, 1.82) is 0 Å². The van der Waals surface area contributed by atoms with Crippen molar-refractivity contribution in [2.75, 3.05) is 6.61 Å². The first-order chi connectivity index (χ1) is 9.80. The van der Waals surface area contributed by atoms with Crippen molar-refractivity contribution < 1.29 is 19.5 Å². The van der Waals surface area contributed by atoms with E-state index in [0.717, 1.165) is 11.1 Å². The zero-order valence-corrected chi connectivity index (χ0v) is 13.1. The molecule has 2 rings (SSSR count). The van der Waals surface area contributed by atoms with Gasteiger partial charge in [-0.2, -0.15) is 0 Å². The van der Waals surface area contributed by atoms with Crippen molar-refractivity contribution in [3.05, 3.63) is 40.9 Å². The molecule has 0 aliphatic carbocycles. The van der Waals surface area contributed by atoms with Crippen molar-refractivity contribution in [3.8, 4) is 0 Å². The maximum Gasteiger partial charge on any atom is 0.492 e. The summed E-state index contributed by atoms with van der Waals surface area (Å²) in [6.07, 6.45) is 1.83. The third-order valence-corrected chi connectivity index (χ3v) is 4.30. The van der Waals surface area contributed by atoms with E-state index in [1.807, 2.05) is 58.0 Å². The molecule has 114 valence electrons. The molecular formula is C16H23BO4. The number of rotatable bonds is 4. The van der Waals surface area contributed by atoms with Crippen molar-refractivity contribution in [2.24, 2.45) is 0 Å². The van der Waals surface area contributed by atoms with Crippen LogP contribution in [-0.4, -0.2) is 35.1 Å². The maximum atomic E-state index is 9.66. The first kappa shape index (κ1) is 16.2. The van der Waals surface area contributed by atoms with Gasteiger partial charge < -0.3 is 19.5 Å². The molecule has 0 radical (unpaired) electrons. The van der Waals surface area contributed by atoms with Gasteiger partial charge in [0.05, 0.1) is 24.4 Å². The van der Waals surface area contributed by atoms with Crippen LogP contribution in [0.15, 0.2) is 29.7 Å². The van der Waals surface area contributed by atoms with Gasteiger partial charge >= 0.3 is 7.12 Å². The zero-order chi connectivity index (χ0) is 15.7. The number of benzene rings is 1. The molecule has 1 aliphatic rings. The van der Waals surface area contributed by atoms with Crippen LogP contribution in [0, 0.1) is 0 Å². The topological polar surface area (TPSA) is 58.9 Å². The molecule has 0 unspecified atom stereocenters. The number of hydrogen-bond donors (Lipinski definition) is 2. The van der Waals surface area contributed by atoms with Gasteiger partial charge in [0.15, 0.2) is 0 Å². The molecule has 21 heavy (non-hydrogen) atoms. The summed E-state index contributed by atoms with van der Waals surface area (Å²) >= 11 is 0. The molecule has 0 saturated carbocycles. The molecule has 4 nitrogen and oxygen atoms in total.